The van der Waals surface area contributed by atoms with Crippen LogP contribution in [0.25, 0.3) is 10.9 Å². The summed E-state index contributed by atoms with van der Waals surface area (Å²) in [5.74, 6) is 1.02. The number of nitrogens with zero attached hydrogens (tertiary/aromatic N) is 3. The van der Waals surface area contributed by atoms with Crippen molar-refractivity contribution in [3.05, 3.63) is 82.6 Å². The van der Waals surface area contributed by atoms with Gasteiger partial charge in [0.25, 0.3) is 0 Å². The summed E-state index contributed by atoms with van der Waals surface area (Å²) >= 11 is 0. The number of H-pyrrole nitrogens is 1. The molecule has 2 aromatic carbocycles. The van der Waals surface area contributed by atoms with Crippen LogP contribution in [-0.2, 0) is 11.2 Å². The SMILES string of the molecule is COC(=O)c1ccc(C(c2cc3c(Cc4ncc[nH]4)c(OC)cc(C)c3n2C(=O)O)N2CCNCC2)cc1. The molecule has 38 heavy (non-hydrogen) atoms. The topological polar surface area (TPSA) is 122 Å². The number of carboxylic acid groups (broad SMARTS) is 1. The monoisotopic (exact) mass is 517 g/mol. The van der Waals surface area contributed by atoms with Gasteiger partial charge in [-0.2, -0.15) is 0 Å². The van der Waals surface area contributed by atoms with Crippen LogP contribution in [0.5, 0.6) is 5.75 Å². The summed E-state index contributed by atoms with van der Waals surface area (Å²) in [5, 5.41) is 14.7. The lowest BCUT2D eigenvalue weighted by Gasteiger charge is -2.35. The number of hydrogen-bond donors (Lipinski definition) is 3. The summed E-state index contributed by atoms with van der Waals surface area (Å²) in [7, 11) is 2.97. The van der Waals surface area contributed by atoms with Crippen molar-refractivity contribution >= 4 is 23.0 Å². The molecule has 0 amide bonds. The van der Waals surface area contributed by atoms with Gasteiger partial charge in [-0.3, -0.25) is 4.90 Å². The van der Waals surface area contributed by atoms with Crippen molar-refractivity contribution in [1.29, 1.82) is 0 Å². The van der Waals surface area contributed by atoms with Crippen LogP contribution in [0.4, 0.5) is 4.79 Å². The highest BCUT2D eigenvalue weighted by Gasteiger charge is 2.31. The van der Waals surface area contributed by atoms with Crippen molar-refractivity contribution in [2.24, 2.45) is 0 Å². The fraction of sp³-hybridized carbons (Fsp3) is 0.321. The molecule has 5 rings (SSSR count). The normalized spacial score (nSPS) is 14.9. The number of rotatable bonds is 7. The number of carbonyl (C=O) groups is 2. The predicted octanol–water partition coefficient (Wildman–Crippen LogP) is 3.58. The molecule has 4 aromatic rings. The van der Waals surface area contributed by atoms with E-state index in [1.807, 2.05) is 31.2 Å². The number of fused-ring (bicyclic) bond motifs is 1. The first kappa shape index (κ1) is 25.5. The number of hydrogen-bond acceptors (Lipinski definition) is 7. The molecule has 2 aromatic heterocycles. The van der Waals surface area contributed by atoms with E-state index >= 15 is 0 Å². The molecular weight excluding hydrogens is 486 g/mol. The van der Waals surface area contributed by atoms with Gasteiger partial charge in [-0.05, 0) is 42.3 Å². The molecule has 1 aliphatic rings. The molecule has 0 radical (unpaired) electrons. The van der Waals surface area contributed by atoms with Crippen LogP contribution < -0.4 is 10.1 Å². The number of carbonyl (C=O) groups excluding carboxylic acids is 1. The molecule has 0 saturated carbocycles. The molecule has 1 aliphatic heterocycles. The van der Waals surface area contributed by atoms with E-state index in [1.165, 1.54) is 11.7 Å². The second-order valence-corrected chi connectivity index (χ2v) is 9.34. The number of aromatic amines is 1. The third kappa shape index (κ3) is 4.64. The summed E-state index contributed by atoms with van der Waals surface area (Å²) in [4.78, 5) is 34.7. The lowest BCUT2D eigenvalue weighted by Crippen LogP contribution is -2.46. The number of benzene rings is 2. The van der Waals surface area contributed by atoms with E-state index in [1.54, 1.807) is 31.6 Å². The molecule has 3 heterocycles. The Morgan fingerprint density at radius 1 is 1.13 bits per heavy atom. The van der Waals surface area contributed by atoms with Crippen molar-refractivity contribution in [2.45, 2.75) is 19.4 Å². The van der Waals surface area contributed by atoms with Crippen molar-refractivity contribution in [2.75, 3.05) is 40.4 Å². The second kappa shape index (κ2) is 10.7. The fourth-order valence-electron chi connectivity index (χ4n) is 5.40. The van der Waals surface area contributed by atoms with E-state index in [4.69, 9.17) is 9.47 Å². The maximum Gasteiger partial charge on any atom is 0.416 e. The van der Waals surface area contributed by atoms with Gasteiger partial charge in [-0.25, -0.2) is 19.1 Å². The molecule has 10 heteroatoms. The highest BCUT2D eigenvalue weighted by Crippen LogP contribution is 2.39. The lowest BCUT2D eigenvalue weighted by molar-refractivity contribution is 0.0600. The molecular formula is C28H31N5O5. The van der Waals surface area contributed by atoms with E-state index in [9.17, 15) is 14.7 Å². The van der Waals surface area contributed by atoms with Crippen LogP contribution in [0, 0.1) is 6.92 Å². The minimum atomic E-state index is -1.06. The van der Waals surface area contributed by atoms with Crippen LogP contribution in [-0.4, -0.2) is 77.0 Å². The Morgan fingerprint density at radius 2 is 1.87 bits per heavy atom. The first-order valence-corrected chi connectivity index (χ1v) is 12.5. The smallest absolute Gasteiger partial charge is 0.416 e. The standard InChI is InChI=1S/C28H31N5O5/c1-17-14-23(37-2)20(16-24-30-8-9-31-24)21-15-22(33(25(17)21)28(35)36)26(32-12-10-29-11-13-32)18-4-6-19(7-5-18)27(34)38-3/h4-9,14-15,26,29H,10-13,16H2,1-3H3,(H,30,31)(H,35,36). The molecule has 1 fully saturated rings. The Bertz CT molecular complexity index is 1450. The number of aryl methyl sites for hydroxylation is 1. The van der Waals surface area contributed by atoms with Gasteiger partial charge in [-0.15, -0.1) is 0 Å². The molecule has 1 unspecified atom stereocenters. The van der Waals surface area contributed by atoms with E-state index in [0.29, 0.717) is 28.9 Å². The highest BCUT2D eigenvalue weighted by molar-refractivity contribution is 5.96. The molecule has 198 valence electrons. The van der Waals surface area contributed by atoms with Crippen molar-refractivity contribution in [1.82, 2.24) is 24.8 Å². The quantitative estimate of drug-likeness (QED) is 0.318. The number of nitrogens with one attached hydrogen (secondary N) is 2. The van der Waals surface area contributed by atoms with Crippen molar-refractivity contribution in [3.8, 4) is 5.75 Å². The van der Waals surface area contributed by atoms with E-state index < -0.39 is 12.1 Å². The van der Waals surface area contributed by atoms with Crippen molar-refractivity contribution < 1.29 is 24.2 Å². The first-order chi connectivity index (χ1) is 18.4. The van der Waals surface area contributed by atoms with E-state index in [0.717, 1.165) is 54.1 Å². The van der Waals surface area contributed by atoms with Gasteiger partial charge in [-0.1, -0.05) is 12.1 Å². The van der Waals surface area contributed by atoms with Gasteiger partial charge in [0.2, 0.25) is 0 Å². The Labute approximate surface area is 220 Å². The molecule has 10 nitrogen and oxygen atoms in total. The third-order valence-electron chi connectivity index (χ3n) is 7.13. The zero-order chi connectivity index (χ0) is 26.8. The molecule has 0 bridgehead atoms. The average Bonchev–Trinajstić information content (AvgIpc) is 3.59. The number of imidazole rings is 1. The zero-order valence-corrected chi connectivity index (χ0v) is 21.7. The summed E-state index contributed by atoms with van der Waals surface area (Å²) in [6, 6.07) is 10.7. The van der Waals surface area contributed by atoms with Gasteiger partial charge in [0.15, 0.2) is 0 Å². The molecule has 0 aliphatic carbocycles. The maximum atomic E-state index is 12.9. The molecule has 3 N–H and O–H groups in total. The van der Waals surface area contributed by atoms with Crippen LogP contribution in [0.15, 0.2) is 48.8 Å². The molecule has 0 spiro atoms. The van der Waals surface area contributed by atoms with Crippen LogP contribution in [0.1, 0.15) is 44.6 Å². The fourth-order valence-corrected chi connectivity index (χ4v) is 5.40. The third-order valence-corrected chi connectivity index (χ3v) is 7.13. The van der Waals surface area contributed by atoms with Gasteiger partial charge < -0.3 is 24.9 Å². The molecule has 1 atom stereocenters. The summed E-state index contributed by atoms with van der Waals surface area (Å²) < 4.78 is 12.0. The predicted molar refractivity (Wildman–Crippen MR) is 142 cm³/mol. The van der Waals surface area contributed by atoms with E-state index in [-0.39, 0.29) is 6.04 Å². The summed E-state index contributed by atoms with van der Waals surface area (Å²) in [6.07, 6.45) is 2.86. The maximum absolute atomic E-state index is 12.9. The largest absolute Gasteiger partial charge is 0.496 e. The van der Waals surface area contributed by atoms with Crippen LogP contribution in [0.2, 0.25) is 0 Å². The highest BCUT2D eigenvalue weighted by atomic mass is 16.5. The summed E-state index contributed by atoms with van der Waals surface area (Å²) in [6.45, 7) is 4.97. The summed E-state index contributed by atoms with van der Waals surface area (Å²) in [5.41, 5.74) is 4.26. The van der Waals surface area contributed by atoms with Gasteiger partial charge in [0.05, 0.1) is 37.0 Å². The Balaban J connectivity index is 1.74. The Hall–Kier alpha value is -4.15. The van der Waals surface area contributed by atoms with Crippen molar-refractivity contribution in [3.63, 3.8) is 0 Å². The number of piperazine rings is 1. The number of ether oxygens (including phenoxy) is 2. The zero-order valence-electron chi connectivity index (χ0n) is 21.7. The van der Waals surface area contributed by atoms with E-state index in [2.05, 4.69) is 20.2 Å². The number of methoxy groups -OCH3 is 2. The number of aromatic nitrogens is 3. The Kier molecular flexibility index (Phi) is 7.17. The van der Waals surface area contributed by atoms with Gasteiger partial charge in [0.1, 0.15) is 11.6 Å². The second-order valence-electron chi connectivity index (χ2n) is 9.34. The number of esters is 1. The molecule has 1 saturated heterocycles. The average molecular weight is 518 g/mol. The van der Waals surface area contributed by atoms with Gasteiger partial charge in [0, 0.05) is 55.9 Å². The van der Waals surface area contributed by atoms with Crippen LogP contribution >= 0.6 is 0 Å². The minimum absolute atomic E-state index is 0.353. The first-order valence-electron chi connectivity index (χ1n) is 12.5. The van der Waals surface area contributed by atoms with Gasteiger partial charge >= 0.3 is 12.1 Å². The lowest BCUT2D eigenvalue weighted by atomic mass is 9.98. The minimum Gasteiger partial charge on any atom is -0.496 e. The Morgan fingerprint density at radius 3 is 2.47 bits per heavy atom. The van der Waals surface area contributed by atoms with Crippen LogP contribution in [0.3, 0.4) is 0 Å².